The molecule has 4 nitrogen and oxygen atoms in total. The van der Waals surface area contributed by atoms with Crippen molar-refractivity contribution in [3.8, 4) is 12.1 Å². The fourth-order valence-corrected chi connectivity index (χ4v) is 8.68. The molecule has 4 heterocycles. The van der Waals surface area contributed by atoms with Gasteiger partial charge in [0.1, 0.15) is 17.7 Å². The van der Waals surface area contributed by atoms with Gasteiger partial charge in [0.15, 0.2) is 0 Å². The van der Waals surface area contributed by atoms with Gasteiger partial charge in [-0.3, -0.25) is 0 Å². The summed E-state index contributed by atoms with van der Waals surface area (Å²) in [6.07, 6.45) is 6.31. The van der Waals surface area contributed by atoms with E-state index in [4.69, 9.17) is 5.10 Å². The van der Waals surface area contributed by atoms with E-state index in [1.54, 1.807) is 22.7 Å². The predicted octanol–water partition coefficient (Wildman–Crippen LogP) is 6.45. The van der Waals surface area contributed by atoms with Crippen molar-refractivity contribution in [3.05, 3.63) is 55.9 Å². The van der Waals surface area contributed by atoms with Gasteiger partial charge in [0, 0.05) is 16.7 Å². The summed E-state index contributed by atoms with van der Waals surface area (Å²) in [6, 6.07) is 13.5. The van der Waals surface area contributed by atoms with Gasteiger partial charge in [0.2, 0.25) is 0 Å². The quantitative estimate of drug-likeness (QED) is 0.486. The van der Waals surface area contributed by atoms with Crippen molar-refractivity contribution in [3.63, 3.8) is 0 Å². The van der Waals surface area contributed by atoms with Gasteiger partial charge in [-0.05, 0) is 65.1 Å². The zero-order valence-electron chi connectivity index (χ0n) is 18.5. The Labute approximate surface area is 197 Å². The number of fused-ring (bicyclic) bond motifs is 4. The summed E-state index contributed by atoms with van der Waals surface area (Å²) in [6.45, 7) is 4.71. The molecule has 2 aromatic heterocycles. The molecular weight excluding hydrogens is 432 g/mol. The fraction of sp³-hybridized carbons (Fsp3) is 0.500. The summed E-state index contributed by atoms with van der Waals surface area (Å²) in [5.74, 6) is 0.628. The van der Waals surface area contributed by atoms with Crippen LogP contribution >= 0.6 is 22.7 Å². The largest absolute Gasteiger partial charge is 0.252 e. The Morgan fingerprint density at radius 2 is 1.66 bits per heavy atom. The van der Waals surface area contributed by atoms with Crippen molar-refractivity contribution < 1.29 is 0 Å². The van der Waals surface area contributed by atoms with Crippen molar-refractivity contribution >= 4 is 28.4 Å². The van der Waals surface area contributed by atoms with E-state index in [9.17, 15) is 10.5 Å². The molecule has 6 heteroatoms. The van der Waals surface area contributed by atoms with E-state index in [0.717, 1.165) is 48.3 Å². The Kier molecular flexibility index (Phi) is 4.29. The van der Waals surface area contributed by atoms with E-state index in [-0.39, 0.29) is 5.41 Å². The molecule has 0 saturated heterocycles. The first kappa shape index (κ1) is 20.2. The Hall–Kier alpha value is -2.41. The molecule has 0 bridgehead atoms. The standard InChI is InChI=1S/C26H26N4S2/c1-24(2)21-22(19-11-7-13-31-19)29-30-25(15-27,16-28)17-9-5-3-4-6-10-18(17)26(30,23(21)24)20-12-8-14-32-20/h7-8,11-14,21,23H,3-6,9-10H2,1-2H3/t21-,23+,26-/m1/s1. The third kappa shape index (κ3) is 2.28. The number of rotatable bonds is 2. The average Bonchev–Trinajstić information content (AvgIpc) is 3.31. The summed E-state index contributed by atoms with van der Waals surface area (Å²) in [5.41, 5.74) is 1.67. The first-order valence-corrected chi connectivity index (χ1v) is 13.3. The number of nitriles is 2. The Morgan fingerprint density at radius 1 is 0.969 bits per heavy atom. The SMILES string of the molecule is CC1(C)[C@@H]2C(c3cccs3)=NN3C(C#N)(C#N)C4=C(CCCCCC4)[C@@]3(c3cccs3)[C@@H]21. The molecule has 2 aliphatic heterocycles. The highest BCUT2D eigenvalue weighted by Crippen LogP contribution is 2.76. The molecule has 2 aliphatic carbocycles. The molecule has 0 radical (unpaired) electrons. The van der Waals surface area contributed by atoms with Crippen LogP contribution in [-0.4, -0.2) is 16.3 Å². The second-order valence-electron chi connectivity index (χ2n) is 10.1. The normalized spacial score (nSPS) is 31.9. The van der Waals surface area contributed by atoms with Gasteiger partial charge in [0.05, 0.1) is 10.6 Å². The zero-order chi connectivity index (χ0) is 22.1. The predicted molar refractivity (Wildman–Crippen MR) is 128 cm³/mol. The van der Waals surface area contributed by atoms with Gasteiger partial charge >= 0.3 is 0 Å². The molecule has 2 aromatic rings. The molecule has 3 atom stereocenters. The lowest BCUT2D eigenvalue weighted by Crippen LogP contribution is -2.54. The first-order chi connectivity index (χ1) is 15.5. The van der Waals surface area contributed by atoms with Crippen LogP contribution in [0.25, 0.3) is 0 Å². The third-order valence-corrected chi connectivity index (χ3v) is 10.2. The van der Waals surface area contributed by atoms with Crippen LogP contribution in [0.2, 0.25) is 0 Å². The first-order valence-electron chi connectivity index (χ1n) is 11.6. The maximum atomic E-state index is 10.6. The van der Waals surface area contributed by atoms with Crippen molar-refractivity contribution in [2.24, 2.45) is 22.4 Å². The Morgan fingerprint density at radius 3 is 2.28 bits per heavy atom. The minimum Gasteiger partial charge on any atom is -0.243 e. The Balaban J connectivity index is 1.70. The summed E-state index contributed by atoms with van der Waals surface area (Å²) in [7, 11) is 0. The van der Waals surface area contributed by atoms with Crippen LogP contribution in [0.3, 0.4) is 0 Å². The minimum absolute atomic E-state index is 0.0447. The summed E-state index contributed by atoms with van der Waals surface area (Å²) < 4.78 is 0. The van der Waals surface area contributed by atoms with E-state index in [1.165, 1.54) is 16.9 Å². The molecule has 0 N–H and O–H groups in total. The van der Waals surface area contributed by atoms with E-state index in [2.05, 4.69) is 61.0 Å². The highest BCUT2D eigenvalue weighted by atomic mass is 32.1. The maximum absolute atomic E-state index is 10.6. The van der Waals surface area contributed by atoms with Crippen molar-refractivity contribution in [1.82, 2.24) is 5.01 Å². The molecule has 4 aliphatic rings. The van der Waals surface area contributed by atoms with E-state index < -0.39 is 11.1 Å². The molecule has 162 valence electrons. The van der Waals surface area contributed by atoms with E-state index in [0.29, 0.717) is 11.8 Å². The van der Waals surface area contributed by atoms with Gasteiger partial charge in [-0.25, -0.2) is 5.01 Å². The topological polar surface area (TPSA) is 63.2 Å². The van der Waals surface area contributed by atoms with E-state index in [1.807, 2.05) is 5.01 Å². The van der Waals surface area contributed by atoms with Crippen LogP contribution in [0.1, 0.15) is 62.1 Å². The summed E-state index contributed by atoms with van der Waals surface area (Å²) in [5, 5.41) is 32.7. The Bertz CT molecular complexity index is 1190. The average molecular weight is 459 g/mol. The number of hydrogen-bond acceptors (Lipinski definition) is 6. The summed E-state index contributed by atoms with van der Waals surface area (Å²) >= 11 is 3.46. The lowest BCUT2D eigenvalue weighted by molar-refractivity contribution is 0.0656. The van der Waals surface area contributed by atoms with Crippen LogP contribution in [0, 0.1) is 39.9 Å². The monoisotopic (exact) mass is 458 g/mol. The second kappa shape index (κ2) is 6.80. The van der Waals surface area contributed by atoms with Crippen LogP contribution in [0.15, 0.2) is 51.3 Å². The lowest BCUT2D eigenvalue weighted by atomic mass is 9.75. The van der Waals surface area contributed by atoms with E-state index >= 15 is 0 Å². The number of hydrogen-bond donors (Lipinski definition) is 0. The van der Waals surface area contributed by atoms with Crippen molar-refractivity contribution in [1.29, 1.82) is 10.5 Å². The number of hydrazone groups is 1. The van der Waals surface area contributed by atoms with Gasteiger partial charge in [0.25, 0.3) is 5.54 Å². The molecule has 0 aromatic carbocycles. The molecule has 32 heavy (non-hydrogen) atoms. The molecule has 1 fully saturated rings. The molecule has 0 amide bonds. The smallest absolute Gasteiger partial charge is 0.243 e. The fourth-order valence-electron chi connectivity index (χ4n) is 6.95. The zero-order valence-corrected chi connectivity index (χ0v) is 20.1. The third-order valence-electron chi connectivity index (χ3n) is 8.29. The van der Waals surface area contributed by atoms with Crippen LogP contribution < -0.4 is 0 Å². The van der Waals surface area contributed by atoms with Gasteiger partial charge in [-0.2, -0.15) is 15.6 Å². The van der Waals surface area contributed by atoms with Crippen LogP contribution in [0.5, 0.6) is 0 Å². The second-order valence-corrected chi connectivity index (χ2v) is 12.0. The minimum atomic E-state index is -1.33. The van der Waals surface area contributed by atoms with Gasteiger partial charge in [-0.15, -0.1) is 22.7 Å². The molecule has 6 rings (SSSR count). The highest BCUT2D eigenvalue weighted by Gasteiger charge is 2.78. The molecular formula is C26H26N4S2. The number of nitrogens with zero attached hydrogens (tertiary/aromatic N) is 4. The summed E-state index contributed by atoms with van der Waals surface area (Å²) in [4.78, 5) is 2.40. The van der Waals surface area contributed by atoms with Crippen LogP contribution in [-0.2, 0) is 5.54 Å². The number of thiophene rings is 2. The van der Waals surface area contributed by atoms with Crippen molar-refractivity contribution in [2.75, 3.05) is 0 Å². The highest BCUT2D eigenvalue weighted by molar-refractivity contribution is 7.12. The van der Waals surface area contributed by atoms with Gasteiger partial charge in [-0.1, -0.05) is 38.8 Å². The molecule has 0 unspecified atom stereocenters. The molecule has 0 spiro atoms. The molecule has 1 saturated carbocycles. The van der Waals surface area contributed by atoms with Gasteiger partial charge < -0.3 is 0 Å². The van der Waals surface area contributed by atoms with Crippen LogP contribution in [0.4, 0.5) is 0 Å². The maximum Gasteiger partial charge on any atom is 0.252 e. The lowest BCUT2D eigenvalue weighted by Gasteiger charge is -2.45. The van der Waals surface area contributed by atoms with Crippen molar-refractivity contribution in [2.45, 2.75) is 63.5 Å².